The zero-order chi connectivity index (χ0) is 48.3. The molecule has 0 bridgehead atoms. The van der Waals surface area contributed by atoms with Gasteiger partial charge in [-0.05, 0) is 106 Å². The third kappa shape index (κ3) is 8.26. The Morgan fingerprint density at radius 2 is 1.25 bits per heavy atom. The minimum Gasteiger partial charge on any atom is -0.507 e. The van der Waals surface area contributed by atoms with Crippen LogP contribution in [0, 0.1) is 19.8 Å². The van der Waals surface area contributed by atoms with Crippen LogP contribution in [-0.2, 0) is 21.1 Å². The first-order valence-electron chi connectivity index (χ1n) is 24.0. The summed E-state index contributed by atoms with van der Waals surface area (Å²) in [6.45, 7) is 2.35. The molecule has 0 amide bonds. The fourth-order valence-corrected chi connectivity index (χ4v) is 7.76. The quantitative estimate of drug-likeness (QED) is 0.147. The van der Waals surface area contributed by atoms with Gasteiger partial charge in [0, 0.05) is 43.9 Å². The fourth-order valence-electron chi connectivity index (χ4n) is 7.76. The Morgan fingerprint density at radius 3 is 1.97 bits per heavy atom. The van der Waals surface area contributed by atoms with Gasteiger partial charge in [0.1, 0.15) is 11.6 Å². The van der Waals surface area contributed by atoms with Crippen molar-refractivity contribution in [3.05, 3.63) is 192 Å². The molecule has 2 heterocycles. The van der Waals surface area contributed by atoms with Crippen molar-refractivity contribution in [1.29, 1.82) is 0 Å². The summed E-state index contributed by atoms with van der Waals surface area (Å²) in [6.07, 6.45) is 1.72. The average molecular weight is 982 g/mol. The molecular weight excluding hydrogens is 926 g/mol. The Hall–Kier alpha value is -6.35. The standard InChI is InChI=1S/C56H48N3O.Pt/c1-35(2)43-28-44(36(3)4)30-46(29-43)41-23-24-52(38(6)27-41)59-53-17-12-16-49(55(53)58-56(59)50-15-10-11-18-54(50)60)47-31-45(39-13-8-7-9-14-39)32-48(33-47)51-34-42(25-26-57-51)40-21-19-37(5)20-22-40;/h7-32,34-36,60H,1-6H3;/q-1;/i5D3,6D3,35D,36D;. The maximum atomic E-state index is 11.4. The fraction of sp³-hybridized carbons (Fsp3) is 0.143. The molecule has 0 saturated carbocycles. The number of fused-ring (bicyclic) bond motifs is 1. The summed E-state index contributed by atoms with van der Waals surface area (Å²) in [6, 6.07) is 51.9. The number of aryl methyl sites for hydroxylation is 2. The van der Waals surface area contributed by atoms with E-state index in [-0.39, 0.29) is 37.9 Å². The molecule has 0 atom stereocenters. The van der Waals surface area contributed by atoms with Crippen molar-refractivity contribution in [2.75, 3.05) is 0 Å². The normalized spacial score (nSPS) is 14.0. The summed E-state index contributed by atoms with van der Waals surface area (Å²) in [5.74, 6) is -1.64. The van der Waals surface area contributed by atoms with E-state index in [1.807, 2.05) is 97.1 Å². The summed E-state index contributed by atoms with van der Waals surface area (Å²) in [7, 11) is 0. The van der Waals surface area contributed by atoms with Crippen molar-refractivity contribution in [2.24, 2.45) is 0 Å². The Morgan fingerprint density at radius 1 is 0.590 bits per heavy atom. The molecular formula is C56H48N3OPt-. The molecule has 304 valence electrons. The second-order valence-electron chi connectivity index (χ2n) is 15.6. The zero-order valence-electron chi connectivity index (χ0n) is 42.2. The first-order chi connectivity index (χ1) is 32.1. The smallest absolute Gasteiger partial charge is 0.148 e. The van der Waals surface area contributed by atoms with Gasteiger partial charge in [-0.25, -0.2) is 4.98 Å². The van der Waals surface area contributed by atoms with Gasteiger partial charge in [-0.15, -0.1) is 23.8 Å². The Bertz CT molecular complexity index is 3320. The summed E-state index contributed by atoms with van der Waals surface area (Å²) >= 11 is 0. The predicted octanol–water partition coefficient (Wildman–Crippen LogP) is 14.8. The van der Waals surface area contributed by atoms with Crippen molar-refractivity contribution in [3.8, 4) is 78.6 Å². The van der Waals surface area contributed by atoms with E-state index in [0.717, 1.165) is 22.3 Å². The Labute approximate surface area is 385 Å². The molecule has 0 aliphatic rings. The average Bonchev–Trinajstić information content (AvgIpc) is 3.70. The van der Waals surface area contributed by atoms with Gasteiger partial charge in [-0.2, -0.15) is 0 Å². The summed E-state index contributed by atoms with van der Waals surface area (Å²) < 4.78 is 69.8. The van der Waals surface area contributed by atoms with E-state index in [4.69, 9.17) is 20.9 Å². The number of nitrogens with zero attached hydrogens (tertiary/aromatic N) is 3. The van der Waals surface area contributed by atoms with Crippen LogP contribution < -0.4 is 0 Å². The van der Waals surface area contributed by atoms with E-state index in [1.165, 1.54) is 0 Å². The van der Waals surface area contributed by atoms with Crippen molar-refractivity contribution < 1.29 is 37.1 Å². The van der Waals surface area contributed by atoms with Gasteiger partial charge in [0.15, 0.2) is 0 Å². The molecule has 2 aromatic heterocycles. The van der Waals surface area contributed by atoms with Crippen LogP contribution in [0.1, 0.15) is 72.7 Å². The van der Waals surface area contributed by atoms with Crippen molar-refractivity contribution >= 4 is 11.0 Å². The molecule has 9 rings (SSSR count). The maximum Gasteiger partial charge on any atom is 0.148 e. The number of phenolic OH excluding ortho intramolecular Hbond substituents is 1. The van der Waals surface area contributed by atoms with Crippen molar-refractivity contribution in [1.82, 2.24) is 14.5 Å². The molecule has 0 saturated heterocycles. The molecule has 9 aromatic rings. The first kappa shape index (κ1) is 32.4. The van der Waals surface area contributed by atoms with E-state index >= 15 is 0 Å². The number of hydrogen-bond acceptors (Lipinski definition) is 3. The third-order valence-electron chi connectivity index (χ3n) is 11.0. The second kappa shape index (κ2) is 17.3. The molecule has 0 spiro atoms. The van der Waals surface area contributed by atoms with Crippen LogP contribution in [0.5, 0.6) is 5.75 Å². The molecule has 0 radical (unpaired) electrons. The molecule has 7 aromatic carbocycles. The van der Waals surface area contributed by atoms with Crippen LogP contribution >= 0.6 is 0 Å². The van der Waals surface area contributed by atoms with Gasteiger partial charge < -0.3 is 5.11 Å². The molecule has 5 heteroatoms. The molecule has 0 aliphatic carbocycles. The summed E-state index contributed by atoms with van der Waals surface area (Å²) in [5, 5.41) is 11.4. The predicted molar refractivity (Wildman–Crippen MR) is 250 cm³/mol. The van der Waals surface area contributed by atoms with Crippen LogP contribution in [0.2, 0.25) is 0 Å². The molecule has 0 fully saturated rings. The maximum absolute atomic E-state index is 11.4. The number of aromatic nitrogens is 3. The molecule has 0 unspecified atom stereocenters. The van der Waals surface area contributed by atoms with Crippen molar-refractivity contribution in [2.45, 2.75) is 53.2 Å². The van der Waals surface area contributed by atoms with E-state index < -0.39 is 25.5 Å². The third-order valence-corrected chi connectivity index (χ3v) is 11.0. The van der Waals surface area contributed by atoms with Crippen LogP contribution in [0.15, 0.2) is 164 Å². The SMILES string of the molecule is [2H]C([2H])([2H])c1ccc(-c2ccnc(-c3[c-]c(-c4cccc5c4nc(-c4ccccc4O)n5-c4ccc(-c5cc(C([2H])(C)C)cc(C([2H])(C)C)c5)cc4C([2H])([2H])[2H])cc(-c4ccccc4)c3)c2)cc1.[Pt]. The largest absolute Gasteiger partial charge is 0.507 e. The number of pyridine rings is 1. The number of phenols is 1. The van der Waals surface area contributed by atoms with Gasteiger partial charge in [-0.1, -0.05) is 159 Å². The summed E-state index contributed by atoms with van der Waals surface area (Å²) in [4.78, 5) is 10.0. The van der Waals surface area contributed by atoms with Gasteiger partial charge in [0.05, 0.1) is 22.3 Å². The van der Waals surface area contributed by atoms with Crippen molar-refractivity contribution in [3.63, 3.8) is 0 Å². The minimum absolute atomic E-state index is 0. The Balaban J connectivity index is 0.00000642. The number of aromatic hydroxyl groups is 1. The van der Waals surface area contributed by atoms with E-state index in [1.54, 1.807) is 99.1 Å². The second-order valence-corrected chi connectivity index (χ2v) is 15.6. The van der Waals surface area contributed by atoms with E-state index in [9.17, 15) is 5.11 Å². The van der Waals surface area contributed by atoms with E-state index in [2.05, 4.69) is 6.07 Å². The number of benzene rings is 7. The monoisotopic (exact) mass is 981 g/mol. The van der Waals surface area contributed by atoms with Gasteiger partial charge >= 0.3 is 0 Å². The first-order valence-corrected chi connectivity index (χ1v) is 20.0. The topological polar surface area (TPSA) is 50.9 Å². The van der Waals surface area contributed by atoms with E-state index in [0.29, 0.717) is 72.7 Å². The number of rotatable bonds is 9. The summed E-state index contributed by atoms with van der Waals surface area (Å²) in [5.41, 5.74) is 11.3. The molecule has 0 aliphatic heterocycles. The molecule has 61 heavy (non-hydrogen) atoms. The zero-order valence-corrected chi connectivity index (χ0v) is 36.5. The Kier molecular flexibility index (Phi) is 9.21. The van der Waals surface area contributed by atoms with Gasteiger partial charge in [0.25, 0.3) is 0 Å². The van der Waals surface area contributed by atoms with Gasteiger partial charge in [0.2, 0.25) is 0 Å². The van der Waals surface area contributed by atoms with Crippen LogP contribution in [0.3, 0.4) is 0 Å². The van der Waals surface area contributed by atoms with Crippen LogP contribution in [-0.4, -0.2) is 19.6 Å². The molecule has 1 N–H and O–H groups in total. The number of hydrogen-bond donors (Lipinski definition) is 1. The van der Waals surface area contributed by atoms with Crippen LogP contribution in [0.25, 0.3) is 83.9 Å². The molecule has 4 nitrogen and oxygen atoms in total. The minimum atomic E-state index is -2.61. The number of imidazole rings is 1. The van der Waals surface area contributed by atoms with Crippen LogP contribution in [0.4, 0.5) is 0 Å². The van der Waals surface area contributed by atoms with Gasteiger partial charge in [-0.3, -0.25) is 9.55 Å². The number of para-hydroxylation sites is 2.